The Morgan fingerprint density at radius 2 is 1.81 bits per heavy atom. The molecule has 0 saturated heterocycles. The summed E-state index contributed by atoms with van der Waals surface area (Å²) >= 11 is 0. The molecule has 0 radical (unpaired) electrons. The first-order chi connectivity index (χ1) is 13.0. The third-order valence-corrected chi connectivity index (χ3v) is 3.93. The summed E-state index contributed by atoms with van der Waals surface area (Å²) in [5.41, 5.74) is 1.50. The maximum atomic E-state index is 12.4. The maximum absolute atomic E-state index is 12.4. The molecular formula is C20H17N2O5-. The van der Waals surface area contributed by atoms with E-state index in [0.717, 1.165) is 5.56 Å². The lowest BCUT2D eigenvalue weighted by molar-refractivity contribution is -0.255. The second kappa shape index (κ2) is 7.74. The van der Waals surface area contributed by atoms with Crippen molar-refractivity contribution in [3.05, 3.63) is 65.9 Å². The van der Waals surface area contributed by atoms with Crippen molar-refractivity contribution in [2.45, 2.75) is 6.92 Å². The predicted molar refractivity (Wildman–Crippen MR) is 95.8 cm³/mol. The van der Waals surface area contributed by atoms with Gasteiger partial charge in [-0.3, -0.25) is 0 Å². The molecule has 0 aliphatic carbocycles. The van der Waals surface area contributed by atoms with Gasteiger partial charge in [0.25, 0.3) is 0 Å². The fourth-order valence-corrected chi connectivity index (χ4v) is 2.65. The van der Waals surface area contributed by atoms with Gasteiger partial charge in [-0.1, -0.05) is 18.2 Å². The van der Waals surface area contributed by atoms with Gasteiger partial charge in [-0.25, -0.2) is 9.48 Å². The van der Waals surface area contributed by atoms with Gasteiger partial charge in [-0.15, -0.1) is 0 Å². The quantitative estimate of drug-likeness (QED) is 0.621. The number of aromatic carboxylic acids is 1. The minimum atomic E-state index is -1.36. The standard InChI is InChI=1S/C20H18N2O5/c1-3-27-20(25)18-12-16(13-8-10-14(26-2)11-9-13)21-22(18)17-7-5-4-6-15(17)19(23)24/h4-12H,3H2,1-2H3,(H,23,24)/p-1. The lowest BCUT2D eigenvalue weighted by Gasteiger charge is -2.12. The van der Waals surface area contributed by atoms with Crippen LogP contribution in [0.1, 0.15) is 27.8 Å². The monoisotopic (exact) mass is 365 g/mol. The fraction of sp³-hybridized carbons (Fsp3) is 0.150. The largest absolute Gasteiger partial charge is 0.545 e. The van der Waals surface area contributed by atoms with Crippen LogP contribution in [0.3, 0.4) is 0 Å². The normalized spacial score (nSPS) is 10.4. The van der Waals surface area contributed by atoms with E-state index in [2.05, 4.69) is 5.10 Å². The van der Waals surface area contributed by atoms with Crippen molar-refractivity contribution in [2.75, 3.05) is 13.7 Å². The highest BCUT2D eigenvalue weighted by molar-refractivity contribution is 5.93. The molecular weight excluding hydrogens is 348 g/mol. The maximum Gasteiger partial charge on any atom is 0.357 e. The van der Waals surface area contributed by atoms with Gasteiger partial charge >= 0.3 is 5.97 Å². The van der Waals surface area contributed by atoms with E-state index >= 15 is 0 Å². The van der Waals surface area contributed by atoms with Crippen LogP contribution >= 0.6 is 0 Å². The van der Waals surface area contributed by atoms with Crippen LogP contribution in [0, 0.1) is 0 Å². The molecule has 0 spiro atoms. The van der Waals surface area contributed by atoms with Crippen molar-refractivity contribution in [3.8, 4) is 22.7 Å². The van der Waals surface area contributed by atoms with Crippen molar-refractivity contribution in [1.82, 2.24) is 9.78 Å². The second-order valence-electron chi connectivity index (χ2n) is 5.58. The molecule has 2 aromatic carbocycles. The van der Waals surface area contributed by atoms with Crippen LogP contribution < -0.4 is 9.84 Å². The SMILES string of the molecule is CCOC(=O)c1cc(-c2ccc(OC)cc2)nn1-c1ccccc1C(=O)[O-]. The topological polar surface area (TPSA) is 93.5 Å². The first kappa shape index (κ1) is 18.2. The zero-order chi connectivity index (χ0) is 19.4. The van der Waals surface area contributed by atoms with Crippen LogP contribution in [-0.4, -0.2) is 35.4 Å². The van der Waals surface area contributed by atoms with Gasteiger partial charge in [0.15, 0.2) is 5.69 Å². The zero-order valence-electron chi connectivity index (χ0n) is 14.8. The number of carboxylic acids is 1. The minimum absolute atomic E-state index is 0.0765. The molecule has 1 aromatic heterocycles. The first-order valence-corrected chi connectivity index (χ1v) is 8.27. The Bertz CT molecular complexity index is 976. The summed E-state index contributed by atoms with van der Waals surface area (Å²) in [6.45, 7) is 1.88. The zero-order valence-corrected chi connectivity index (χ0v) is 14.8. The number of para-hydroxylation sites is 1. The molecule has 3 rings (SSSR count). The molecule has 0 aliphatic heterocycles. The Balaban J connectivity index is 2.16. The summed E-state index contributed by atoms with van der Waals surface area (Å²) in [7, 11) is 1.57. The molecule has 0 amide bonds. The van der Waals surface area contributed by atoms with Crippen LogP contribution in [0.15, 0.2) is 54.6 Å². The molecule has 0 aliphatic rings. The number of hydrogen-bond donors (Lipinski definition) is 0. The average Bonchev–Trinajstić information content (AvgIpc) is 3.13. The lowest BCUT2D eigenvalue weighted by atomic mass is 10.1. The Kier molecular flexibility index (Phi) is 5.21. The number of hydrogen-bond acceptors (Lipinski definition) is 6. The van der Waals surface area contributed by atoms with Gasteiger partial charge in [-0.05, 0) is 43.3 Å². The van der Waals surface area contributed by atoms with Crippen LogP contribution in [0.4, 0.5) is 0 Å². The van der Waals surface area contributed by atoms with Crippen LogP contribution in [-0.2, 0) is 4.74 Å². The molecule has 0 fully saturated rings. The van der Waals surface area contributed by atoms with Gasteiger partial charge in [0, 0.05) is 11.1 Å². The van der Waals surface area contributed by atoms with Crippen molar-refractivity contribution >= 4 is 11.9 Å². The molecule has 0 atom stereocenters. The van der Waals surface area contributed by atoms with Crippen molar-refractivity contribution in [2.24, 2.45) is 0 Å². The fourth-order valence-electron chi connectivity index (χ4n) is 2.65. The van der Waals surface area contributed by atoms with E-state index in [1.165, 1.54) is 10.7 Å². The highest BCUT2D eigenvalue weighted by Crippen LogP contribution is 2.25. The lowest BCUT2D eigenvalue weighted by Crippen LogP contribution is -2.25. The molecule has 0 unspecified atom stereocenters. The molecule has 138 valence electrons. The van der Waals surface area contributed by atoms with Gasteiger partial charge in [-0.2, -0.15) is 5.10 Å². The highest BCUT2D eigenvalue weighted by atomic mass is 16.5. The van der Waals surface area contributed by atoms with E-state index in [-0.39, 0.29) is 23.6 Å². The van der Waals surface area contributed by atoms with Crippen molar-refractivity contribution in [1.29, 1.82) is 0 Å². The third kappa shape index (κ3) is 3.67. The van der Waals surface area contributed by atoms with Crippen molar-refractivity contribution in [3.63, 3.8) is 0 Å². The molecule has 3 aromatic rings. The average molecular weight is 365 g/mol. The highest BCUT2D eigenvalue weighted by Gasteiger charge is 2.20. The van der Waals surface area contributed by atoms with Crippen molar-refractivity contribution < 1.29 is 24.2 Å². The number of methoxy groups -OCH3 is 1. The number of esters is 1. The Morgan fingerprint density at radius 1 is 1.11 bits per heavy atom. The summed E-state index contributed by atoms with van der Waals surface area (Å²) in [6, 6.07) is 14.9. The Morgan fingerprint density at radius 3 is 2.44 bits per heavy atom. The number of ether oxygens (including phenoxy) is 2. The summed E-state index contributed by atoms with van der Waals surface area (Å²) in [6.07, 6.45) is 0. The molecule has 0 saturated carbocycles. The minimum Gasteiger partial charge on any atom is -0.545 e. The van der Waals surface area contributed by atoms with E-state index in [9.17, 15) is 14.7 Å². The molecule has 1 heterocycles. The van der Waals surface area contributed by atoms with E-state index in [0.29, 0.717) is 11.4 Å². The number of rotatable bonds is 6. The number of aromatic nitrogens is 2. The number of benzene rings is 2. The number of carboxylic acid groups (broad SMARTS) is 1. The number of carbonyl (C=O) groups excluding carboxylic acids is 2. The Hall–Kier alpha value is -3.61. The van der Waals surface area contributed by atoms with E-state index < -0.39 is 11.9 Å². The third-order valence-electron chi connectivity index (χ3n) is 3.93. The molecule has 7 nitrogen and oxygen atoms in total. The van der Waals surface area contributed by atoms with Crippen LogP contribution in [0.2, 0.25) is 0 Å². The van der Waals surface area contributed by atoms with E-state index in [1.807, 2.05) is 0 Å². The summed E-state index contributed by atoms with van der Waals surface area (Å²) in [4.78, 5) is 23.9. The molecule has 7 heteroatoms. The van der Waals surface area contributed by atoms with Gasteiger partial charge in [0.2, 0.25) is 0 Å². The number of nitrogens with zero attached hydrogens (tertiary/aromatic N) is 2. The number of carbonyl (C=O) groups is 2. The van der Waals surface area contributed by atoms with Crippen LogP contribution in [0.25, 0.3) is 16.9 Å². The first-order valence-electron chi connectivity index (χ1n) is 8.27. The molecule has 0 N–H and O–H groups in total. The smallest absolute Gasteiger partial charge is 0.357 e. The van der Waals surface area contributed by atoms with Gasteiger partial charge in [0.1, 0.15) is 5.75 Å². The second-order valence-corrected chi connectivity index (χ2v) is 5.58. The van der Waals surface area contributed by atoms with E-state index in [1.54, 1.807) is 62.6 Å². The van der Waals surface area contributed by atoms with Crippen LogP contribution in [0.5, 0.6) is 5.75 Å². The van der Waals surface area contributed by atoms with Gasteiger partial charge in [0.05, 0.1) is 31.1 Å². The van der Waals surface area contributed by atoms with Gasteiger partial charge < -0.3 is 19.4 Å². The summed E-state index contributed by atoms with van der Waals surface area (Å²) < 4.78 is 11.5. The predicted octanol–water partition coefficient (Wildman–Crippen LogP) is 2.09. The molecule has 0 bridgehead atoms. The Labute approximate surface area is 155 Å². The summed E-state index contributed by atoms with van der Waals surface area (Å²) in [5, 5.41) is 15.9. The van der Waals surface area contributed by atoms with E-state index in [4.69, 9.17) is 9.47 Å². The summed E-state index contributed by atoms with van der Waals surface area (Å²) in [5.74, 6) is -1.27. The molecule has 27 heavy (non-hydrogen) atoms.